The van der Waals surface area contributed by atoms with E-state index in [1.165, 1.54) is 6.07 Å². The molecule has 1 atom stereocenters. The van der Waals surface area contributed by atoms with Crippen molar-refractivity contribution in [2.45, 2.75) is 33.4 Å². The van der Waals surface area contributed by atoms with E-state index in [1.807, 2.05) is 19.9 Å². The van der Waals surface area contributed by atoms with E-state index in [4.69, 9.17) is 0 Å². The Hall–Kier alpha value is -1.46. The fraction of sp³-hybridized carbons (Fsp3) is 0.538. The molecule has 0 fully saturated rings. The summed E-state index contributed by atoms with van der Waals surface area (Å²) in [7, 11) is 0. The number of aliphatic hydroxyl groups is 1. The molecule has 0 heterocycles. The minimum atomic E-state index is -0.370. The number of nitrogens with one attached hydrogen (secondary N) is 1. The summed E-state index contributed by atoms with van der Waals surface area (Å²) in [6.07, 6.45) is 0. The smallest absolute Gasteiger partial charge is 0.272 e. The number of hydrogen-bond acceptors (Lipinski definition) is 4. The molecule has 5 heteroatoms. The maximum Gasteiger partial charge on any atom is 0.272 e. The molecule has 0 amide bonds. The number of hydrogen-bond donors (Lipinski definition) is 2. The Balaban J connectivity index is 2.79. The van der Waals surface area contributed by atoms with Gasteiger partial charge in [0.15, 0.2) is 0 Å². The highest BCUT2D eigenvalue weighted by molar-refractivity contribution is 5.44. The average Bonchev–Trinajstić information content (AvgIpc) is 2.31. The zero-order chi connectivity index (χ0) is 13.7. The number of benzene rings is 1. The first-order valence-corrected chi connectivity index (χ1v) is 6.04. The van der Waals surface area contributed by atoms with Gasteiger partial charge in [-0.1, -0.05) is 26.0 Å². The highest BCUT2D eigenvalue weighted by Crippen LogP contribution is 2.21. The average molecular weight is 252 g/mol. The van der Waals surface area contributed by atoms with Crippen LogP contribution in [-0.2, 0) is 6.54 Å². The highest BCUT2D eigenvalue weighted by atomic mass is 16.6. The third-order valence-corrected chi connectivity index (χ3v) is 3.17. The van der Waals surface area contributed by atoms with Crippen molar-refractivity contribution >= 4 is 5.69 Å². The molecule has 18 heavy (non-hydrogen) atoms. The van der Waals surface area contributed by atoms with Crippen molar-refractivity contribution in [3.05, 3.63) is 39.4 Å². The van der Waals surface area contributed by atoms with E-state index in [-0.39, 0.29) is 23.3 Å². The molecular weight excluding hydrogens is 232 g/mol. The van der Waals surface area contributed by atoms with Crippen LogP contribution >= 0.6 is 0 Å². The van der Waals surface area contributed by atoms with E-state index in [9.17, 15) is 15.2 Å². The standard InChI is InChI=1S/C13H20N2O3/c1-9(2)12(8-16)14-7-11-5-4-6-13(10(11)3)15(17)18/h4-6,9,12,14,16H,7-8H2,1-3H3. The zero-order valence-corrected chi connectivity index (χ0v) is 11.0. The van der Waals surface area contributed by atoms with E-state index in [1.54, 1.807) is 13.0 Å². The number of rotatable bonds is 6. The lowest BCUT2D eigenvalue weighted by molar-refractivity contribution is -0.385. The SMILES string of the molecule is Cc1c(CNC(CO)C(C)C)cccc1[N+](=O)[O-]. The van der Waals surface area contributed by atoms with E-state index >= 15 is 0 Å². The van der Waals surface area contributed by atoms with Crippen molar-refractivity contribution in [1.82, 2.24) is 5.32 Å². The molecular formula is C13H20N2O3. The van der Waals surface area contributed by atoms with E-state index in [0.717, 1.165) is 5.56 Å². The molecule has 0 aromatic heterocycles. The Labute approximate surface area is 107 Å². The van der Waals surface area contributed by atoms with Crippen molar-refractivity contribution in [2.75, 3.05) is 6.61 Å². The summed E-state index contributed by atoms with van der Waals surface area (Å²) in [5.74, 6) is 0.314. The first-order chi connectivity index (χ1) is 8.47. The fourth-order valence-corrected chi connectivity index (χ4v) is 1.81. The number of aliphatic hydroxyl groups excluding tert-OH is 1. The summed E-state index contributed by atoms with van der Waals surface area (Å²) in [5.41, 5.74) is 1.71. The molecule has 100 valence electrons. The van der Waals surface area contributed by atoms with Gasteiger partial charge in [-0.25, -0.2) is 0 Å². The van der Waals surface area contributed by atoms with Crippen molar-refractivity contribution in [3.63, 3.8) is 0 Å². The van der Waals surface area contributed by atoms with Crippen molar-refractivity contribution < 1.29 is 10.0 Å². The first-order valence-electron chi connectivity index (χ1n) is 6.04. The van der Waals surface area contributed by atoms with Crippen molar-refractivity contribution in [1.29, 1.82) is 0 Å². The Morgan fingerprint density at radius 1 is 1.44 bits per heavy atom. The minimum absolute atomic E-state index is 0.00339. The van der Waals surface area contributed by atoms with Crippen LogP contribution in [-0.4, -0.2) is 22.7 Å². The van der Waals surface area contributed by atoms with Crippen LogP contribution < -0.4 is 5.32 Å². The van der Waals surface area contributed by atoms with Gasteiger partial charge in [-0.05, 0) is 18.4 Å². The second kappa shape index (κ2) is 6.47. The lowest BCUT2D eigenvalue weighted by Crippen LogP contribution is -2.36. The number of nitrogens with zero attached hydrogens (tertiary/aromatic N) is 1. The van der Waals surface area contributed by atoms with Crippen LogP contribution in [0.5, 0.6) is 0 Å². The molecule has 0 spiro atoms. The van der Waals surface area contributed by atoms with E-state index in [0.29, 0.717) is 18.0 Å². The molecule has 1 aromatic rings. The predicted molar refractivity (Wildman–Crippen MR) is 70.4 cm³/mol. The fourth-order valence-electron chi connectivity index (χ4n) is 1.81. The maximum absolute atomic E-state index is 10.8. The lowest BCUT2D eigenvalue weighted by atomic mass is 10.0. The molecule has 0 aliphatic carbocycles. The van der Waals surface area contributed by atoms with Crippen LogP contribution in [0.2, 0.25) is 0 Å². The molecule has 0 radical (unpaired) electrons. The maximum atomic E-state index is 10.8. The molecule has 1 unspecified atom stereocenters. The van der Waals surface area contributed by atoms with Gasteiger partial charge in [0.1, 0.15) is 0 Å². The zero-order valence-electron chi connectivity index (χ0n) is 11.0. The van der Waals surface area contributed by atoms with Gasteiger partial charge in [-0.15, -0.1) is 0 Å². The van der Waals surface area contributed by atoms with Crippen molar-refractivity contribution in [2.24, 2.45) is 5.92 Å². The molecule has 1 aromatic carbocycles. The highest BCUT2D eigenvalue weighted by Gasteiger charge is 2.15. The minimum Gasteiger partial charge on any atom is -0.395 e. The second-order valence-electron chi connectivity index (χ2n) is 4.73. The summed E-state index contributed by atoms with van der Waals surface area (Å²) in [5, 5.41) is 23.3. The Morgan fingerprint density at radius 2 is 2.11 bits per heavy atom. The molecule has 2 N–H and O–H groups in total. The summed E-state index contributed by atoms with van der Waals surface area (Å²) in [4.78, 5) is 10.5. The number of nitro groups is 1. The molecule has 0 saturated heterocycles. The summed E-state index contributed by atoms with van der Waals surface area (Å²) < 4.78 is 0. The monoisotopic (exact) mass is 252 g/mol. The lowest BCUT2D eigenvalue weighted by Gasteiger charge is -2.20. The van der Waals surface area contributed by atoms with Gasteiger partial charge in [0.2, 0.25) is 0 Å². The third kappa shape index (κ3) is 3.51. The largest absolute Gasteiger partial charge is 0.395 e. The predicted octanol–water partition coefficient (Wildman–Crippen LogP) is 2.01. The topological polar surface area (TPSA) is 75.4 Å². The second-order valence-corrected chi connectivity index (χ2v) is 4.73. The molecule has 0 bridgehead atoms. The Morgan fingerprint density at radius 3 is 2.61 bits per heavy atom. The normalized spacial score (nSPS) is 12.7. The molecule has 0 aliphatic rings. The van der Waals surface area contributed by atoms with Crippen LogP contribution in [0.15, 0.2) is 18.2 Å². The third-order valence-electron chi connectivity index (χ3n) is 3.17. The van der Waals surface area contributed by atoms with Crippen LogP contribution in [0.1, 0.15) is 25.0 Å². The summed E-state index contributed by atoms with van der Waals surface area (Å²) in [6.45, 7) is 6.38. The molecule has 0 saturated carbocycles. The van der Waals surface area contributed by atoms with E-state index < -0.39 is 0 Å². The van der Waals surface area contributed by atoms with E-state index in [2.05, 4.69) is 5.32 Å². The van der Waals surface area contributed by atoms with Gasteiger partial charge < -0.3 is 10.4 Å². The summed E-state index contributed by atoms with van der Waals surface area (Å²) >= 11 is 0. The van der Waals surface area contributed by atoms with Gasteiger partial charge in [0.05, 0.1) is 11.5 Å². The van der Waals surface area contributed by atoms with Crippen LogP contribution in [0.3, 0.4) is 0 Å². The Kier molecular flexibility index (Phi) is 5.25. The molecule has 1 rings (SSSR count). The first kappa shape index (κ1) is 14.6. The van der Waals surface area contributed by atoms with Gasteiger partial charge >= 0.3 is 0 Å². The van der Waals surface area contributed by atoms with Gasteiger partial charge in [-0.2, -0.15) is 0 Å². The van der Waals surface area contributed by atoms with Crippen LogP contribution in [0, 0.1) is 23.0 Å². The number of nitro benzene ring substituents is 1. The van der Waals surface area contributed by atoms with Gasteiger partial charge in [0.25, 0.3) is 5.69 Å². The van der Waals surface area contributed by atoms with Crippen LogP contribution in [0.25, 0.3) is 0 Å². The van der Waals surface area contributed by atoms with Gasteiger partial charge in [0, 0.05) is 24.2 Å². The van der Waals surface area contributed by atoms with Crippen LogP contribution in [0.4, 0.5) is 5.69 Å². The molecule has 0 aliphatic heterocycles. The van der Waals surface area contributed by atoms with Gasteiger partial charge in [-0.3, -0.25) is 10.1 Å². The Bertz CT molecular complexity index is 419. The van der Waals surface area contributed by atoms with Crippen molar-refractivity contribution in [3.8, 4) is 0 Å². The quantitative estimate of drug-likeness (QED) is 0.600. The summed E-state index contributed by atoms with van der Waals surface area (Å²) in [6, 6.07) is 5.06. The molecule has 5 nitrogen and oxygen atoms in total.